The minimum absolute atomic E-state index is 0. The molecule has 0 radical (unpaired) electrons. The minimum Gasteiger partial charge on any atom is -0.554 e. The first-order valence-electron chi connectivity index (χ1n) is 2.83. The number of carboxylic acid groups (broad SMARTS) is 6. The quantitative estimate of drug-likeness (QED) is 0.298. The van der Waals surface area contributed by atoms with E-state index >= 15 is 0 Å². The van der Waals surface area contributed by atoms with Crippen LogP contribution in [0.1, 0.15) is 7.13 Å². The van der Waals surface area contributed by atoms with Gasteiger partial charge in [-0.15, -0.1) is 0 Å². The maximum absolute atomic E-state index is 8.25. The summed E-state index contributed by atoms with van der Waals surface area (Å²) in [7, 11) is 0. The van der Waals surface area contributed by atoms with E-state index in [0.29, 0.717) is 0 Å². The fraction of sp³-hybridized carbons (Fsp3) is 0. The van der Waals surface area contributed by atoms with Gasteiger partial charge >= 0.3 is 58.5 Å². The molecule has 0 aliphatic carbocycles. The van der Waals surface area contributed by atoms with Crippen molar-refractivity contribution >= 4 is 38.8 Å². The third-order valence-electron chi connectivity index (χ3n) is 0. The van der Waals surface area contributed by atoms with E-state index in [9.17, 15) is 0 Å². The van der Waals surface area contributed by atoms with Crippen LogP contribution < -0.4 is 82.0 Å². The predicted octanol–water partition coefficient (Wildman–Crippen LogP) is -12.2. The summed E-state index contributed by atoms with van der Waals surface area (Å²) in [6.45, 7) is -3.00. The predicted molar refractivity (Wildman–Crippen MR) is 41.9 cm³/mol. The summed E-state index contributed by atoms with van der Waals surface area (Å²) in [4.78, 5) is 49.5. The Morgan fingerprint density at radius 1 is 0.421 bits per heavy atom. The summed E-state index contributed by atoms with van der Waals surface area (Å²) in [5.41, 5.74) is 0. The van der Waals surface area contributed by atoms with E-state index in [-0.39, 0.29) is 58.5 Å². The summed E-state index contributed by atoms with van der Waals surface area (Å²) in [5.74, 6) is 0. The van der Waals surface area contributed by atoms with Gasteiger partial charge in [0, 0.05) is 38.8 Å². The summed E-state index contributed by atoms with van der Waals surface area (Å²) in [6, 6.07) is 0. The Balaban J connectivity index is -0.00000000686. The Morgan fingerprint density at radius 2 is 0.421 bits per heavy atom. The topological polar surface area (TPSA) is 241 Å². The van der Waals surface area contributed by atoms with Crippen molar-refractivity contribution in [2.75, 3.05) is 0 Å². The Labute approximate surface area is 156 Å². The number of hydrogen-bond acceptors (Lipinski definition) is 12. The molecule has 0 fully saturated rings. The molecule has 108 valence electrons. The van der Waals surface area contributed by atoms with Gasteiger partial charge in [0.15, 0.2) is 0 Å². The molecule has 0 bridgehead atoms. The van der Waals surface area contributed by atoms with E-state index < -0.39 is 38.8 Å². The van der Waals surface area contributed by atoms with Crippen LogP contribution in [-0.4, -0.2) is 38.8 Å². The van der Waals surface area contributed by atoms with Crippen molar-refractivity contribution < 1.29 is 118 Å². The largest absolute Gasteiger partial charge is 1.00 e. The first-order valence-corrected chi connectivity index (χ1v) is 2.83. The summed E-state index contributed by atoms with van der Waals surface area (Å²) >= 11 is 0. The van der Waals surface area contributed by atoms with Crippen molar-refractivity contribution in [1.29, 1.82) is 0 Å². The fourth-order valence-electron chi connectivity index (χ4n) is 0. The van der Waals surface area contributed by atoms with E-state index in [1.165, 1.54) is 0 Å². The molecule has 12 nitrogen and oxygen atoms in total. The third-order valence-corrected chi connectivity index (χ3v) is 0. The maximum Gasteiger partial charge on any atom is 1.00 e. The van der Waals surface area contributed by atoms with Gasteiger partial charge in [-0.3, -0.25) is 0 Å². The summed E-state index contributed by atoms with van der Waals surface area (Å²) in [6.07, 6.45) is 0. The molecule has 19 heavy (non-hydrogen) atoms. The van der Waals surface area contributed by atoms with Crippen LogP contribution in [0.15, 0.2) is 0 Å². The van der Waals surface area contributed by atoms with Crippen LogP contribution in [0.2, 0.25) is 0 Å². The molecule has 13 heteroatoms. The Hall–Kier alpha value is -1.54. The zero-order valence-electron chi connectivity index (χ0n) is 14.4. The van der Waals surface area contributed by atoms with Crippen LogP contribution in [0.25, 0.3) is 0 Å². The number of carbonyl (C=O) groups is 6. The van der Waals surface area contributed by atoms with Crippen molar-refractivity contribution in [2.45, 2.75) is 0 Å². The molecular weight excluding hydrogens is 303 g/mol. The van der Waals surface area contributed by atoms with Crippen LogP contribution in [0.3, 0.4) is 0 Å². The molecule has 0 aliphatic rings. The minimum atomic E-state index is -0.500. The Bertz CT molecular complexity index is 131. The van der Waals surface area contributed by atoms with E-state index in [2.05, 4.69) is 0 Å². The van der Waals surface area contributed by atoms with Crippen LogP contribution >= 0.6 is 0 Å². The van der Waals surface area contributed by atoms with Gasteiger partial charge in [-0.1, -0.05) is 0 Å². The summed E-state index contributed by atoms with van der Waals surface area (Å²) < 4.78 is 0. The van der Waals surface area contributed by atoms with Gasteiger partial charge in [0.05, 0.1) is 0 Å². The molecular formula is C6H11KO12. The van der Waals surface area contributed by atoms with Crippen molar-refractivity contribution in [3.8, 4) is 0 Å². The van der Waals surface area contributed by atoms with E-state index in [1.54, 1.807) is 0 Å². The molecule has 0 aliphatic heterocycles. The van der Waals surface area contributed by atoms with E-state index in [1.807, 2.05) is 0 Å². The Kier molecular flexibility index (Phi) is 450. The van der Waals surface area contributed by atoms with Gasteiger partial charge in [0.1, 0.15) is 0 Å². The molecule has 0 aromatic heterocycles. The molecule has 0 aromatic rings. The molecule has 0 amide bonds. The fourth-order valence-corrected chi connectivity index (χ4v) is 0. The van der Waals surface area contributed by atoms with Crippen molar-refractivity contribution in [1.82, 2.24) is 0 Å². The van der Waals surface area contributed by atoms with Crippen LogP contribution in [0.4, 0.5) is 0 Å². The zero-order valence-corrected chi connectivity index (χ0v) is 12.5. The first-order chi connectivity index (χ1) is 8.49. The molecule has 0 rings (SSSR count). The van der Waals surface area contributed by atoms with Crippen LogP contribution in [-0.2, 0) is 28.8 Å². The van der Waals surface area contributed by atoms with Gasteiger partial charge in [0.2, 0.25) is 0 Å². The standard InChI is InChI=1S/6CH2O2.K/c6*2-1-3;/h6*1H,(H,2,3);/q;;;;;;+1/p-1. The maximum atomic E-state index is 8.25. The van der Waals surface area contributed by atoms with Crippen molar-refractivity contribution in [2.24, 2.45) is 0 Å². The zero-order chi connectivity index (χ0) is 16.2. The van der Waals surface area contributed by atoms with Gasteiger partial charge < -0.3 is 59.4 Å². The van der Waals surface area contributed by atoms with Gasteiger partial charge in [-0.25, -0.2) is 0 Å². The molecule has 0 aromatic carbocycles. The van der Waals surface area contributed by atoms with E-state index in [4.69, 9.17) is 59.4 Å². The first kappa shape index (κ1) is 43.2. The molecule has 0 heterocycles. The van der Waals surface area contributed by atoms with Crippen LogP contribution in [0, 0.1) is 0 Å². The molecule has 0 N–H and O–H groups in total. The summed E-state index contributed by atoms with van der Waals surface area (Å²) in [5, 5.41) is 49.5. The second kappa shape index (κ2) is 198. The van der Waals surface area contributed by atoms with Gasteiger partial charge in [-0.2, -0.15) is 0 Å². The second-order valence-corrected chi connectivity index (χ2v) is 0.577. The smallest absolute Gasteiger partial charge is 0.554 e. The number of hydrogen-bond donors (Lipinski definition) is 0. The van der Waals surface area contributed by atoms with E-state index in [0.717, 1.165) is 0 Å². The molecule has 0 unspecified atom stereocenters. The molecule has 0 atom stereocenters. The SMILES string of the molecule is O=C[O-].O=C[O-].O=C[O-].O=C[O-].O=C[O-].O=C[O-].[H+].[H+].[H+].[H+].[H+].[K+]. The molecule has 0 saturated carbocycles. The van der Waals surface area contributed by atoms with Crippen molar-refractivity contribution in [3.05, 3.63) is 0 Å². The normalized spacial score (nSPS) is 3.79. The van der Waals surface area contributed by atoms with Crippen LogP contribution in [0.5, 0.6) is 0 Å². The Morgan fingerprint density at radius 3 is 0.421 bits per heavy atom. The average molecular weight is 314 g/mol. The monoisotopic (exact) mass is 314 g/mol. The second-order valence-electron chi connectivity index (χ2n) is 0.577. The average Bonchev–Trinajstić information content (AvgIpc) is 2.23. The van der Waals surface area contributed by atoms with Gasteiger partial charge in [0.25, 0.3) is 0 Å². The van der Waals surface area contributed by atoms with Crippen molar-refractivity contribution in [3.63, 3.8) is 0 Å². The van der Waals surface area contributed by atoms with Gasteiger partial charge in [-0.05, 0) is 0 Å². The number of rotatable bonds is 0. The number of carbonyl (C=O) groups excluding carboxylic acids is 6. The molecule has 0 saturated heterocycles. The third kappa shape index (κ3) is 1440. The molecule has 0 spiro atoms.